The summed E-state index contributed by atoms with van der Waals surface area (Å²) in [6, 6.07) is 7.58. The molecule has 0 radical (unpaired) electrons. The maximum absolute atomic E-state index is 11.5. The second-order valence-corrected chi connectivity index (χ2v) is 3.12. The molecule has 0 saturated heterocycles. The lowest BCUT2D eigenvalue weighted by molar-refractivity contribution is 0.953. The summed E-state index contributed by atoms with van der Waals surface area (Å²) in [7, 11) is 0. The molecular formula is C10H10N2O. The number of fused-ring (bicyclic) bond motifs is 1. The van der Waals surface area contributed by atoms with E-state index in [-0.39, 0.29) is 5.56 Å². The predicted molar refractivity (Wildman–Crippen MR) is 53.1 cm³/mol. The predicted octanol–water partition coefficient (Wildman–Crippen LogP) is 1.02. The van der Waals surface area contributed by atoms with Gasteiger partial charge in [-0.05, 0) is 24.4 Å². The van der Waals surface area contributed by atoms with E-state index >= 15 is 0 Å². The molecule has 2 N–H and O–H groups in total. The van der Waals surface area contributed by atoms with E-state index in [0.717, 1.165) is 15.6 Å². The maximum atomic E-state index is 11.5. The van der Waals surface area contributed by atoms with E-state index in [0.29, 0.717) is 5.39 Å². The van der Waals surface area contributed by atoms with Gasteiger partial charge in [-0.2, -0.15) is 0 Å². The molecule has 0 bridgehead atoms. The molecule has 1 heterocycles. The van der Waals surface area contributed by atoms with Crippen LogP contribution in [0.25, 0.3) is 10.8 Å². The molecule has 1 aromatic heterocycles. The third kappa shape index (κ3) is 1.18. The van der Waals surface area contributed by atoms with Gasteiger partial charge < -0.3 is 5.84 Å². The van der Waals surface area contributed by atoms with Crippen LogP contribution in [-0.2, 0) is 0 Å². The van der Waals surface area contributed by atoms with Crippen molar-refractivity contribution in [3.63, 3.8) is 0 Å². The highest BCUT2D eigenvalue weighted by Gasteiger charge is 1.99. The Hall–Kier alpha value is -1.77. The van der Waals surface area contributed by atoms with E-state index in [9.17, 15) is 4.79 Å². The van der Waals surface area contributed by atoms with Crippen molar-refractivity contribution in [2.45, 2.75) is 6.92 Å². The van der Waals surface area contributed by atoms with E-state index in [1.165, 1.54) is 0 Å². The Morgan fingerprint density at radius 2 is 2.08 bits per heavy atom. The molecule has 0 unspecified atom stereocenters. The van der Waals surface area contributed by atoms with E-state index < -0.39 is 0 Å². The first-order valence-electron chi connectivity index (χ1n) is 4.05. The summed E-state index contributed by atoms with van der Waals surface area (Å²) in [5.41, 5.74) is 0.914. The van der Waals surface area contributed by atoms with Crippen molar-refractivity contribution in [2.24, 2.45) is 0 Å². The van der Waals surface area contributed by atoms with Gasteiger partial charge in [-0.1, -0.05) is 17.7 Å². The zero-order valence-electron chi connectivity index (χ0n) is 7.32. The SMILES string of the molecule is Cc1ccc2ccn(N)c(=O)c2c1. The molecule has 0 aliphatic carbocycles. The van der Waals surface area contributed by atoms with Crippen molar-refractivity contribution >= 4 is 10.8 Å². The highest BCUT2D eigenvalue weighted by Crippen LogP contribution is 2.10. The number of rotatable bonds is 0. The summed E-state index contributed by atoms with van der Waals surface area (Å²) >= 11 is 0. The van der Waals surface area contributed by atoms with Crippen LogP contribution in [-0.4, -0.2) is 4.68 Å². The molecule has 0 aliphatic rings. The summed E-state index contributed by atoms with van der Waals surface area (Å²) in [5, 5.41) is 1.60. The Labute approximate surface area is 75.4 Å². The van der Waals surface area contributed by atoms with Crippen molar-refractivity contribution in [1.29, 1.82) is 0 Å². The van der Waals surface area contributed by atoms with Gasteiger partial charge >= 0.3 is 0 Å². The van der Waals surface area contributed by atoms with Crippen molar-refractivity contribution in [1.82, 2.24) is 4.68 Å². The number of pyridine rings is 1. The highest BCUT2D eigenvalue weighted by molar-refractivity contribution is 5.81. The van der Waals surface area contributed by atoms with Gasteiger partial charge in [0.1, 0.15) is 0 Å². The van der Waals surface area contributed by atoms with Gasteiger partial charge in [0.15, 0.2) is 0 Å². The standard InChI is InChI=1S/C10H10N2O/c1-7-2-3-8-4-5-12(11)10(13)9(8)6-7/h2-6H,11H2,1H3. The molecule has 0 amide bonds. The number of aryl methyl sites for hydroxylation is 1. The lowest BCUT2D eigenvalue weighted by Crippen LogP contribution is -2.26. The van der Waals surface area contributed by atoms with Gasteiger partial charge in [0.2, 0.25) is 0 Å². The van der Waals surface area contributed by atoms with Crippen LogP contribution in [0.5, 0.6) is 0 Å². The minimum atomic E-state index is -0.152. The number of benzene rings is 1. The highest BCUT2D eigenvalue weighted by atomic mass is 16.1. The first-order valence-corrected chi connectivity index (χ1v) is 4.05. The number of hydrogen-bond acceptors (Lipinski definition) is 2. The van der Waals surface area contributed by atoms with Gasteiger partial charge in [-0.25, -0.2) is 4.68 Å². The molecule has 0 spiro atoms. The summed E-state index contributed by atoms with van der Waals surface area (Å²) < 4.78 is 1.10. The first kappa shape index (κ1) is 7.86. The summed E-state index contributed by atoms with van der Waals surface area (Å²) in [6.07, 6.45) is 1.57. The molecule has 13 heavy (non-hydrogen) atoms. The van der Waals surface area contributed by atoms with Crippen LogP contribution in [0.1, 0.15) is 5.56 Å². The third-order valence-electron chi connectivity index (χ3n) is 2.09. The molecule has 0 saturated carbocycles. The summed E-state index contributed by atoms with van der Waals surface area (Å²) in [6.45, 7) is 1.95. The molecule has 66 valence electrons. The largest absolute Gasteiger partial charge is 0.336 e. The zero-order valence-corrected chi connectivity index (χ0v) is 7.32. The number of nitrogens with zero attached hydrogens (tertiary/aromatic N) is 1. The van der Waals surface area contributed by atoms with Gasteiger partial charge in [0, 0.05) is 11.6 Å². The van der Waals surface area contributed by atoms with E-state index in [1.807, 2.05) is 31.2 Å². The lowest BCUT2D eigenvalue weighted by Gasteiger charge is -2.01. The molecule has 0 atom stereocenters. The zero-order chi connectivity index (χ0) is 9.42. The minimum absolute atomic E-state index is 0.152. The van der Waals surface area contributed by atoms with Gasteiger partial charge in [-0.15, -0.1) is 0 Å². The molecule has 2 aromatic rings. The quantitative estimate of drug-likeness (QED) is 0.606. The Bertz CT molecular complexity index is 509. The second kappa shape index (κ2) is 2.62. The topological polar surface area (TPSA) is 48.0 Å². The fourth-order valence-electron chi connectivity index (χ4n) is 1.37. The number of nitrogen functional groups attached to an aromatic ring is 1. The van der Waals surface area contributed by atoms with Crippen LogP contribution in [0.15, 0.2) is 35.3 Å². The van der Waals surface area contributed by atoms with Crippen molar-refractivity contribution in [2.75, 3.05) is 5.84 Å². The molecule has 0 aliphatic heterocycles. The van der Waals surface area contributed by atoms with E-state index in [1.54, 1.807) is 6.20 Å². The van der Waals surface area contributed by atoms with Crippen LogP contribution >= 0.6 is 0 Å². The smallest absolute Gasteiger partial charge is 0.276 e. The van der Waals surface area contributed by atoms with Crippen LogP contribution in [0, 0.1) is 6.92 Å². The fraction of sp³-hybridized carbons (Fsp3) is 0.100. The Kier molecular flexibility index (Phi) is 1.59. The van der Waals surface area contributed by atoms with E-state index in [4.69, 9.17) is 5.84 Å². The minimum Gasteiger partial charge on any atom is -0.336 e. The average molecular weight is 174 g/mol. The van der Waals surface area contributed by atoms with Crippen LogP contribution in [0.4, 0.5) is 0 Å². The van der Waals surface area contributed by atoms with Crippen LogP contribution in [0.3, 0.4) is 0 Å². The monoisotopic (exact) mass is 174 g/mol. The Morgan fingerprint density at radius 3 is 2.85 bits per heavy atom. The van der Waals surface area contributed by atoms with Gasteiger partial charge in [-0.3, -0.25) is 4.79 Å². The molecular weight excluding hydrogens is 164 g/mol. The number of hydrogen-bond donors (Lipinski definition) is 1. The third-order valence-corrected chi connectivity index (χ3v) is 2.09. The molecule has 2 rings (SSSR count). The Morgan fingerprint density at radius 1 is 1.31 bits per heavy atom. The van der Waals surface area contributed by atoms with Crippen LogP contribution < -0.4 is 11.4 Å². The maximum Gasteiger partial charge on any atom is 0.276 e. The van der Waals surface area contributed by atoms with Crippen LogP contribution in [0.2, 0.25) is 0 Å². The average Bonchev–Trinajstić information content (AvgIpc) is 2.12. The molecule has 3 heteroatoms. The fourth-order valence-corrected chi connectivity index (χ4v) is 1.37. The lowest BCUT2D eigenvalue weighted by atomic mass is 10.1. The van der Waals surface area contributed by atoms with Gasteiger partial charge in [0.05, 0.1) is 0 Å². The van der Waals surface area contributed by atoms with Gasteiger partial charge in [0.25, 0.3) is 5.56 Å². The Balaban J connectivity index is 2.97. The molecule has 3 nitrogen and oxygen atoms in total. The molecule has 1 aromatic carbocycles. The summed E-state index contributed by atoms with van der Waals surface area (Å²) in [5.74, 6) is 5.44. The normalized spacial score (nSPS) is 10.5. The van der Waals surface area contributed by atoms with Crippen molar-refractivity contribution in [3.8, 4) is 0 Å². The molecule has 0 fully saturated rings. The first-order chi connectivity index (χ1) is 6.18. The number of nitrogens with two attached hydrogens (primary N) is 1. The summed E-state index contributed by atoms with van der Waals surface area (Å²) in [4.78, 5) is 11.5. The van der Waals surface area contributed by atoms with E-state index in [2.05, 4.69) is 0 Å². The van der Waals surface area contributed by atoms with Crippen molar-refractivity contribution < 1.29 is 0 Å². The van der Waals surface area contributed by atoms with Crippen molar-refractivity contribution in [3.05, 3.63) is 46.4 Å². The second-order valence-electron chi connectivity index (χ2n) is 3.12. The number of aromatic nitrogens is 1.